The van der Waals surface area contributed by atoms with Gasteiger partial charge in [0.15, 0.2) is 0 Å². The van der Waals surface area contributed by atoms with Crippen LogP contribution in [0, 0.1) is 17.0 Å². The van der Waals surface area contributed by atoms with Crippen molar-refractivity contribution in [3.63, 3.8) is 0 Å². The van der Waals surface area contributed by atoms with Gasteiger partial charge in [0.2, 0.25) is 5.91 Å². The second-order valence-corrected chi connectivity index (χ2v) is 6.39. The molecule has 0 unspecified atom stereocenters. The molecule has 2 rings (SSSR count). The Balaban J connectivity index is 1.89. The highest BCUT2D eigenvalue weighted by Crippen LogP contribution is 2.24. The lowest BCUT2D eigenvalue weighted by atomic mass is 10.1. The van der Waals surface area contributed by atoms with E-state index in [1.807, 2.05) is 31.2 Å². The molecule has 26 heavy (non-hydrogen) atoms. The molecule has 0 saturated carbocycles. The van der Waals surface area contributed by atoms with Gasteiger partial charge in [0.25, 0.3) is 11.6 Å². The SMILES string of the molecule is CNc1ccc(C(=O)NNC(=O)CSc2ccc(C)cc2)cc1[N+](=O)[O-]. The van der Waals surface area contributed by atoms with E-state index in [-0.39, 0.29) is 22.9 Å². The average Bonchev–Trinajstić information content (AvgIpc) is 2.65. The van der Waals surface area contributed by atoms with Crippen LogP contribution in [0.2, 0.25) is 0 Å². The first-order valence-electron chi connectivity index (χ1n) is 7.65. The van der Waals surface area contributed by atoms with E-state index in [1.54, 1.807) is 7.05 Å². The van der Waals surface area contributed by atoms with Crippen molar-refractivity contribution < 1.29 is 14.5 Å². The fraction of sp³-hybridized carbons (Fsp3) is 0.176. The number of amides is 2. The zero-order valence-corrected chi connectivity index (χ0v) is 15.1. The van der Waals surface area contributed by atoms with Crippen LogP contribution >= 0.6 is 11.8 Å². The van der Waals surface area contributed by atoms with Crippen molar-refractivity contribution in [1.82, 2.24) is 10.9 Å². The second kappa shape index (κ2) is 8.86. The molecular formula is C17H18N4O4S. The Morgan fingerprint density at radius 3 is 2.42 bits per heavy atom. The number of nitrogens with zero attached hydrogens (tertiary/aromatic N) is 1. The number of rotatable bonds is 6. The molecule has 8 nitrogen and oxygen atoms in total. The Kier molecular flexibility index (Phi) is 6.56. The summed E-state index contributed by atoms with van der Waals surface area (Å²) in [4.78, 5) is 35.3. The third kappa shape index (κ3) is 5.21. The predicted octanol–water partition coefficient (Wildman–Crippen LogP) is 2.50. The minimum absolute atomic E-state index is 0.0715. The largest absolute Gasteiger partial charge is 0.383 e. The van der Waals surface area contributed by atoms with Crippen LogP contribution in [0.15, 0.2) is 47.4 Å². The van der Waals surface area contributed by atoms with E-state index in [2.05, 4.69) is 16.2 Å². The van der Waals surface area contributed by atoms with Crippen LogP contribution in [0.3, 0.4) is 0 Å². The molecule has 0 saturated heterocycles. The van der Waals surface area contributed by atoms with Gasteiger partial charge < -0.3 is 5.32 Å². The van der Waals surface area contributed by atoms with E-state index in [0.29, 0.717) is 5.69 Å². The van der Waals surface area contributed by atoms with Gasteiger partial charge in [-0.1, -0.05) is 17.7 Å². The van der Waals surface area contributed by atoms with Crippen LogP contribution in [-0.4, -0.2) is 29.5 Å². The Morgan fingerprint density at radius 1 is 1.12 bits per heavy atom. The summed E-state index contributed by atoms with van der Waals surface area (Å²) in [6.07, 6.45) is 0. The molecule has 0 spiro atoms. The summed E-state index contributed by atoms with van der Waals surface area (Å²) >= 11 is 1.34. The number of nitro groups is 1. The number of benzene rings is 2. The number of anilines is 1. The summed E-state index contributed by atoms with van der Waals surface area (Å²) < 4.78 is 0. The number of thioether (sulfide) groups is 1. The summed E-state index contributed by atoms with van der Waals surface area (Å²) in [6, 6.07) is 11.7. The minimum Gasteiger partial charge on any atom is -0.383 e. The van der Waals surface area contributed by atoms with Crippen molar-refractivity contribution in [2.75, 3.05) is 18.1 Å². The quantitative estimate of drug-likeness (QED) is 0.407. The Morgan fingerprint density at radius 2 is 1.81 bits per heavy atom. The molecule has 2 aromatic carbocycles. The lowest BCUT2D eigenvalue weighted by Gasteiger charge is -2.08. The Hall–Kier alpha value is -3.07. The highest BCUT2D eigenvalue weighted by molar-refractivity contribution is 8.00. The maximum Gasteiger partial charge on any atom is 0.293 e. The highest BCUT2D eigenvalue weighted by atomic mass is 32.2. The third-order valence-corrected chi connectivity index (χ3v) is 4.44. The van der Waals surface area contributed by atoms with E-state index >= 15 is 0 Å². The van der Waals surface area contributed by atoms with Gasteiger partial charge in [-0.2, -0.15) is 0 Å². The summed E-state index contributed by atoms with van der Waals surface area (Å²) in [5.41, 5.74) is 5.82. The number of hydrogen-bond donors (Lipinski definition) is 3. The molecule has 2 amide bonds. The number of nitrogens with one attached hydrogen (secondary N) is 3. The van der Waals surface area contributed by atoms with E-state index < -0.39 is 10.8 Å². The maximum absolute atomic E-state index is 12.1. The molecular weight excluding hydrogens is 356 g/mol. The van der Waals surface area contributed by atoms with Gasteiger partial charge in [0, 0.05) is 23.6 Å². The van der Waals surface area contributed by atoms with Crippen molar-refractivity contribution >= 4 is 35.0 Å². The van der Waals surface area contributed by atoms with Crippen molar-refractivity contribution in [1.29, 1.82) is 0 Å². The smallest absolute Gasteiger partial charge is 0.293 e. The number of carbonyl (C=O) groups is 2. The zero-order valence-electron chi connectivity index (χ0n) is 14.2. The van der Waals surface area contributed by atoms with Crippen LogP contribution < -0.4 is 16.2 Å². The molecule has 0 atom stereocenters. The van der Waals surface area contributed by atoms with Crippen molar-refractivity contribution in [2.45, 2.75) is 11.8 Å². The van der Waals surface area contributed by atoms with Gasteiger partial charge in [-0.05, 0) is 31.2 Å². The minimum atomic E-state index is -0.635. The van der Waals surface area contributed by atoms with Crippen molar-refractivity contribution in [3.8, 4) is 0 Å². The Bertz CT molecular complexity index is 824. The third-order valence-electron chi connectivity index (χ3n) is 3.43. The van der Waals surface area contributed by atoms with E-state index in [4.69, 9.17) is 0 Å². The topological polar surface area (TPSA) is 113 Å². The van der Waals surface area contributed by atoms with Crippen LogP contribution in [0.5, 0.6) is 0 Å². The van der Waals surface area contributed by atoms with E-state index in [1.165, 1.54) is 23.9 Å². The molecule has 0 aromatic heterocycles. The number of hydrogen-bond acceptors (Lipinski definition) is 6. The van der Waals surface area contributed by atoms with Crippen LogP contribution in [0.25, 0.3) is 0 Å². The molecule has 0 heterocycles. The monoisotopic (exact) mass is 374 g/mol. The van der Waals surface area contributed by atoms with Gasteiger partial charge in [0.05, 0.1) is 10.7 Å². The molecule has 9 heteroatoms. The first-order valence-corrected chi connectivity index (χ1v) is 8.64. The average molecular weight is 374 g/mol. The number of carbonyl (C=O) groups excluding carboxylic acids is 2. The molecule has 0 radical (unpaired) electrons. The van der Waals surface area contributed by atoms with E-state index in [9.17, 15) is 19.7 Å². The summed E-state index contributed by atoms with van der Waals surface area (Å²) in [7, 11) is 1.55. The van der Waals surface area contributed by atoms with Crippen molar-refractivity contribution in [2.24, 2.45) is 0 Å². The van der Waals surface area contributed by atoms with Crippen LogP contribution in [-0.2, 0) is 4.79 Å². The molecule has 3 N–H and O–H groups in total. The fourth-order valence-corrected chi connectivity index (χ4v) is 2.75. The number of aryl methyl sites for hydroxylation is 1. The first-order chi connectivity index (χ1) is 12.4. The molecule has 0 fully saturated rings. The standard InChI is InChI=1S/C17H18N4O4S/c1-11-3-6-13(7-4-11)26-10-16(22)19-20-17(23)12-5-8-14(18-2)15(9-12)21(24)25/h3-9,18H,10H2,1-2H3,(H,19,22)(H,20,23). The lowest BCUT2D eigenvalue weighted by molar-refractivity contribution is -0.384. The molecule has 136 valence electrons. The van der Waals surface area contributed by atoms with Crippen molar-refractivity contribution in [3.05, 3.63) is 63.7 Å². The van der Waals surface area contributed by atoms with Gasteiger partial charge in [0.1, 0.15) is 5.69 Å². The summed E-state index contributed by atoms with van der Waals surface area (Å²) in [5.74, 6) is -0.892. The maximum atomic E-state index is 12.1. The summed E-state index contributed by atoms with van der Waals surface area (Å²) in [5, 5.41) is 13.7. The van der Waals surface area contributed by atoms with Gasteiger partial charge in [-0.15, -0.1) is 11.8 Å². The molecule has 0 aliphatic heterocycles. The van der Waals surface area contributed by atoms with E-state index in [0.717, 1.165) is 16.5 Å². The lowest BCUT2D eigenvalue weighted by Crippen LogP contribution is -2.42. The van der Waals surface area contributed by atoms with Gasteiger partial charge in [-0.25, -0.2) is 0 Å². The number of hydrazine groups is 1. The molecule has 0 aliphatic carbocycles. The zero-order chi connectivity index (χ0) is 19.1. The number of nitro benzene ring substituents is 1. The van der Waals surface area contributed by atoms with Crippen LogP contribution in [0.4, 0.5) is 11.4 Å². The molecule has 0 bridgehead atoms. The van der Waals surface area contributed by atoms with Gasteiger partial charge in [-0.3, -0.25) is 30.6 Å². The Labute approximate surface area is 154 Å². The fourth-order valence-electron chi connectivity index (χ4n) is 2.05. The molecule has 2 aromatic rings. The first kappa shape index (κ1) is 19.3. The predicted molar refractivity (Wildman–Crippen MR) is 100 cm³/mol. The normalized spacial score (nSPS) is 10.1. The highest BCUT2D eigenvalue weighted by Gasteiger charge is 2.17. The van der Waals surface area contributed by atoms with Gasteiger partial charge >= 0.3 is 0 Å². The van der Waals surface area contributed by atoms with Crippen LogP contribution in [0.1, 0.15) is 15.9 Å². The summed E-state index contributed by atoms with van der Waals surface area (Å²) in [6.45, 7) is 1.98. The second-order valence-electron chi connectivity index (χ2n) is 5.34. The molecule has 0 aliphatic rings.